The van der Waals surface area contributed by atoms with E-state index in [1.165, 1.54) is 138 Å². The van der Waals surface area contributed by atoms with Crippen LogP contribution in [0.2, 0.25) is 0 Å². The first kappa shape index (κ1) is 39.5. The van der Waals surface area contributed by atoms with E-state index in [2.05, 4.69) is 225 Å². The maximum absolute atomic E-state index is 7.20. The van der Waals surface area contributed by atoms with Gasteiger partial charge in [-0.05, 0) is 164 Å². The molecule has 0 atom stereocenters. The minimum absolute atomic E-state index is 0.0922. The Labute approximate surface area is 404 Å². The molecule has 0 unspecified atom stereocenters. The van der Waals surface area contributed by atoms with Crippen molar-refractivity contribution in [1.29, 1.82) is 0 Å². The molecular weight excluding hydrogens is 833 g/mol. The average molecular weight is 885 g/mol. The lowest BCUT2D eigenvalue weighted by atomic mass is 9.76. The summed E-state index contributed by atoms with van der Waals surface area (Å²) in [6, 6.07) is 64.9. The predicted octanol–water partition coefficient (Wildman–Crippen LogP) is 18.5. The van der Waals surface area contributed by atoms with Crippen LogP contribution in [0.25, 0.3) is 110 Å². The second-order valence-corrected chi connectivity index (χ2v) is 22.7. The van der Waals surface area contributed by atoms with Crippen LogP contribution in [0.4, 0.5) is 0 Å². The third kappa shape index (κ3) is 4.77. The maximum atomic E-state index is 7.20. The summed E-state index contributed by atoms with van der Waals surface area (Å²) in [4.78, 5) is 0. The van der Waals surface area contributed by atoms with E-state index in [0.29, 0.717) is 0 Å². The summed E-state index contributed by atoms with van der Waals surface area (Å²) < 4.78 is 7.20. The van der Waals surface area contributed by atoms with E-state index in [4.69, 9.17) is 4.42 Å². The number of hydrogen-bond acceptors (Lipinski definition) is 1. The van der Waals surface area contributed by atoms with Gasteiger partial charge in [-0.15, -0.1) is 0 Å². The molecule has 0 N–H and O–H groups in total. The van der Waals surface area contributed by atoms with Crippen molar-refractivity contribution >= 4 is 43.5 Å². The lowest BCUT2D eigenvalue weighted by molar-refractivity contribution is 0.638. The topological polar surface area (TPSA) is 13.1 Å². The molecule has 0 aliphatic heterocycles. The van der Waals surface area contributed by atoms with E-state index in [1.807, 2.05) is 0 Å². The molecule has 0 amide bonds. The molecule has 0 spiro atoms. The number of para-hydroxylation sites is 1. The van der Waals surface area contributed by atoms with Gasteiger partial charge in [0.15, 0.2) is 0 Å². The van der Waals surface area contributed by atoms with Crippen LogP contribution in [0.3, 0.4) is 0 Å². The van der Waals surface area contributed by atoms with Crippen molar-refractivity contribution in [3.63, 3.8) is 0 Å². The molecule has 0 fully saturated rings. The summed E-state index contributed by atoms with van der Waals surface area (Å²) in [6.07, 6.45) is 0. The molecule has 1 aromatic heterocycles. The highest BCUT2D eigenvalue weighted by Crippen LogP contribution is 2.61. The summed E-state index contributed by atoms with van der Waals surface area (Å²) in [5.74, 6) is 0. The molecule has 330 valence electrons. The second kappa shape index (κ2) is 12.8. The zero-order valence-electron chi connectivity index (χ0n) is 40.6. The molecule has 4 aliphatic carbocycles. The van der Waals surface area contributed by atoms with E-state index in [0.717, 1.165) is 16.6 Å². The smallest absolute Gasteiger partial charge is 0.144 e. The summed E-state index contributed by atoms with van der Waals surface area (Å²) in [6.45, 7) is 19.4. The summed E-state index contributed by atoms with van der Waals surface area (Å²) in [5, 5.41) is 7.60. The van der Waals surface area contributed by atoms with E-state index in [9.17, 15) is 0 Å². The average Bonchev–Trinajstić information content (AvgIpc) is 4.06. The molecule has 0 saturated carbocycles. The Kier molecular flexibility index (Phi) is 7.32. The van der Waals surface area contributed by atoms with Gasteiger partial charge in [0, 0.05) is 38.0 Å². The van der Waals surface area contributed by atoms with Gasteiger partial charge >= 0.3 is 0 Å². The molecular formula is C68H52O. The van der Waals surface area contributed by atoms with Crippen molar-refractivity contribution in [3.05, 3.63) is 214 Å². The van der Waals surface area contributed by atoms with Crippen molar-refractivity contribution in [3.8, 4) is 66.8 Å². The van der Waals surface area contributed by atoms with E-state index >= 15 is 0 Å². The molecule has 0 bridgehead atoms. The zero-order chi connectivity index (χ0) is 46.7. The standard InChI is InChI=1S/C68H52O/c1-65(2)51-26-16-13-23-43(51)60-41-21-11-9-19-38(41)46(33-56(60)65)37-29-30-40-48-32-50-55(36-54(48)67(5,6)53(40)31-37)68(7,8)58-35-49(62-45-25-15-18-28-59(45)69-64(62)63(50)58)47-34-57-61(42-22-12-10-20-39(42)47)44-24-14-17-27-52(44)66(57,3)4/h9-36H,1-8H3. The number of fused-ring (bicyclic) bond motifs is 20. The third-order valence-electron chi connectivity index (χ3n) is 17.9. The fourth-order valence-electron chi connectivity index (χ4n) is 14.3. The van der Waals surface area contributed by atoms with Gasteiger partial charge in [0.25, 0.3) is 0 Å². The van der Waals surface area contributed by atoms with Gasteiger partial charge in [0.1, 0.15) is 11.2 Å². The fraction of sp³-hybridized carbons (Fsp3) is 0.176. The van der Waals surface area contributed by atoms with Crippen LogP contribution in [-0.2, 0) is 21.7 Å². The minimum atomic E-state index is -0.284. The van der Waals surface area contributed by atoms with Crippen LogP contribution in [0.1, 0.15) is 99.9 Å². The lowest BCUT2D eigenvalue weighted by Gasteiger charge is -2.26. The molecule has 1 nitrogen and oxygen atoms in total. The highest BCUT2D eigenvalue weighted by Gasteiger charge is 2.45. The SMILES string of the molecule is CC1(C)c2cc(-c3cc4c(c5ccccc35)-c3ccccc3C4(C)C)ccc2-c2cc3c(cc21)C(C)(C)c1cc(-c2cc4c(c5ccccc25)-c2ccccc2C4(C)C)c2c(oc4ccccc42)c1-3. The van der Waals surface area contributed by atoms with Gasteiger partial charge in [-0.1, -0.05) is 189 Å². The summed E-state index contributed by atoms with van der Waals surface area (Å²) in [7, 11) is 0. The molecule has 15 rings (SSSR count). The van der Waals surface area contributed by atoms with Gasteiger partial charge in [0.05, 0.1) is 0 Å². The van der Waals surface area contributed by atoms with Crippen LogP contribution in [0.15, 0.2) is 174 Å². The molecule has 10 aromatic carbocycles. The highest BCUT2D eigenvalue weighted by molar-refractivity contribution is 6.22. The van der Waals surface area contributed by atoms with Crippen LogP contribution in [0, 0.1) is 0 Å². The minimum Gasteiger partial charge on any atom is -0.455 e. The number of rotatable bonds is 2. The Morgan fingerprint density at radius 3 is 1.39 bits per heavy atom. The second-order valence-electron chi connectivity index (χ2n) is 22.7. The Balaban J connectivity index is 0.941. The first-order valence-electron chi connectivity index (χ1n) is 24.9. The monoisotopic (exact) mass is 884 g/mol. The molecule has 0 saturated heterocycles. The van der Waals surface area contributed by atoms with Crippen molar-refractivity contribution in [1.82, 2.24) is 0 Å². The van der Waals surface area contributed by atoms with Gasteiger partial charge in [0.2, 0.25) is 0 Å². The van der Waals surface area contributed by atoms with Crippen molar-refractivity contribution in [2.45, 2.75) is 77.0 Å². The summed E-state index contributed by atoms with van der Waals surface area (Å²) >= 11 is 0. The summed E-state index contributed by atoms with van der Waals surface area (Å²) in [5.41, 5.74) is 28.1. The normalized spacial score (nSPS) is 16.6. The van der Waals surface area contributed by atoms with E-state index in [-0.39, 0.29) is 21.7 Å². The van der Waals surface area contributed by atoms with Gasteiger partial charge in [-0.2, -0.15) is 0 Å². The molecule has 4 aliphatic rings. The van der Waals surface area contributed by atoms with Crippen LogP contribution >= 0.6 is 0 Å². The Hall–Kier alpha value is -7.48. The molecule has 1 heterocycles. The van der Waals surface area contributed by atoms with Crippen LogP contribution in [-0.4, -0.2) is 0 Å². The first-order chi connectivity index (χ1) is 33.3. The van der Waals surface area contributed by atoms with Crippen molar-refractivity contribution in [2.24, 2.45) is 0 Å². The first-order valence-corrected chi connectivity index (χ1v) is 24.9. The Bertz CT molecular complexity index is 4180. The largest absolute Gasteiger partial charge is 0.455 e. The quantitative estimate of drug-likeness (QED) is 0.169. The highest BCUT2D eigenvalue weighted by atomic mass is 16.3. The zero-order valence-corrected chi connectivity index (χ0v) is 40.6. The van der Waals surface area contributed by atoms with Crippen molar-refractivity contribution in [2.75, 3.05) is 0 Å². The number of benzene rings is 10. The van der Waals surface area contributed by atoms with Crippen LogP contribution in [0.5, 0.6) is 0 Å². The number of furan rings is 1. The molecule has 1 heteroatoms. The Morgan fingerprint density at radius 1 is 0.275 bits per heavy atom. The van der Waals surface area contributed by atoms with E-state index < -0.39 is 0 Å². The third-order valence-corrected chi connectivity index (χ3v) is 17.9. The molecule has 0 radical (unpaired) electrons. The molecule has 69 heavy (non-hydrogen) atoms. The Morgan fingerprint density at radius 2 is 0.739 bits per heavy atom. The van der Waals surface area contributed by atoms with Gasteiger partial charge < -0.3 is 4.42 Å². The predicted molar refractivity (Wildman–Crippen MR) is 290 cm³/mol. The van der Waals surface area contributed by atoms with Crippen molar-refractivity contribution < 1.29 is 4.42 Å². The van der Waals surface area contributed by atoms with Gasteiger partial charge in [-0.25, -0.2) is 0 Å². The van der Waals surface area contributed by atoms with Crippen LogP contribution < -0.4 is 0 Å². The fourth-order valence-corrected chi connectivity index (χ4v) is 14.3. The maximum Gasteiger partial charge on any atom is 0.144 e. The lowest BCUT2D eigenvalue weighted by Crippen LogP contribution is -2.19. The van der Waals surface area contributed by atoms with E-state index in [1.54, 1.807) is 0 Å². The number of hydrogen-bond donors (Lipinski definition) is 0. The molecule has 11 aromatic rings. The van der Waals surface area contributed by atoms with Gasteiger partial charge in [-0.3, -0.25) is 0 Å².